The molecule has 1 saturated heterocycles. The van der Waals surface area contributed by atoms with Gasteiger partial charge in [0.15, 0.2) is 0 Å². The highest BCUT2D eigenvalue weighted by atomic mass is 16.1. The molecule has 4 N–H and O–H groups in total. The fraction of sp³-hybridized carbons (Fsp3) is 0.857. The minimum atomic E-state index is -0.233. The summed E-state index contributed by atoms with van der Waals surface area (Å²) < 4.78 is 0. The minimum absolute atomic E-state index is 0.103. The topological polar surface area (TPSA) is 67.1 Å². The summed E-state index contributed by atoms with van der Waals surface area (Å²) in [4.78, 5) is 10.7. The Morgan fingerprint density at radius 3 is 2.91 bits per heavy atom. The Morgan fingerprint density at radius 2 is 2.45 bits per heavy atom. The van der Waals surface area contributed by atoms with Crippen LogP contribution in [0.15, 0.2) is 0 Å². The number of primary amides is 1. The number of carbonyl (C=O) groups is 1. The van der Waals surface area contributed by atoms with Crippen molar-refractivity contribution in [1.82, 2.24) is 10.6 Å². The molecule has 4 nitrogen and oxygen atoms in total. The van der Waals surface area contributed by atoms with Crippen molar-refractivity contribution in [3.8, 4) is 0 Å². The third kappa shape index (κ3) is 2.17. The summed E-state index contributed by atoms with van der Waals surface area (Å²) in [7, 11) is 1.90. The largest absolute Gasteiger partial charge is 0.368 e. The molecular weight excluding hydrogens is 142 g/mol. The van der Waals surface area contributed by atoms with E-state index in [-0.39, 0.29) is 11.9 Å². The lowest BCUT2D eigenvalue weighted by Gasteiger charge is -2.10. The smallest absolute Gasteiger partial charge is 0.234 e. The molecule has 0 aromatic heterocycles. The van der Waals surface area contributed by atoms with Crippen LogP contribution in [-0.4, -0.2) is 31.6 Å². The molecule has 4 heteroatoms. The van der Waals surface area contributed by atoms with Gasteiger partial charge in [-0.2, -0.15) is 0 Å². The Labute approximate surface area is 66.5 Å². The maximum absolute atomic E-state index is 10.7. The summed E-state index contributed by atoms with van der Waals surface area (Å²) in [5.41, 5.74) is 5.13. The van der Waals surface area contributed by atoms with Gasteiger partial charge in [0.05, 0.1) is 6.04 Å². The first kappa shape index (κ1) is 8.49. The first-order valence-corrected chi connectivity index (χ1v) is 3.94. The number of amides is 1. The zero-order chi connectivity index (χ0) is 8.27. The van der Waals surface area contributed by atoms with E-state index in [1.807, 2.05) is 7.05 Å². The number of nitrogens with two attached hydrogens (primary N) is 1. The summed E-state index contributed by atoms with van der Waals surface area (Å²) in [5, 5.41) is 6.21. The zero-order valence-corrected chi connectivity index (χ0v) is 6.76. The lowest BCUT2D eigenvalue weighted by molar-refractivity contribution is -0.119. The normalized spacial score (nSPS) is 30.6. The first-order chi connectivity index (χ1) is 5.24. The van der Waals surface area contributed by atoms with Crippen molar-refractivity contribution in [3.63, 3.8) is 0 Å². The third-order valence-corrected chi connectivity index (χ3v) is 2.03. The SMILES string of the molecule is CNCC1CCC(C(N)=O)N1. The molecule has 64 valence electrons. The van der Waals surface area contributed by atoms with E-state index in [9.17, 15) is 4.79 Å². The predicted octanol–water partition coefficient (Wildman–Crippen LogP) is -1.19. The quantitative estimate of drug-likeness (QED) is 0.482. The molecule has 0 bridgehead atoms. The fourth-order valence-electron chi connectivity index (χ4n) is 1.45. The van der Waals surface area contributed by atoms with Crippen LogP contribution in [-0.2, 0) is 4.79 Å². The van der Waals surface area contributed by atoms with Gasteiger partial charge in [0, 0.05) is 12.6 Å². The first-order valence-electron chi connectivity index (χ1n) is 3.94. The van der Waals surface area contributed by atoms with Crippen LogP contribution in [0.2, 0.25) is 0 Å². The Bertz CT molecular complexity index is 149. The average molecular weight is 157 g/mol. The van der Waals surface area contributed by atoms with Gasteiger partial charge in [0.1, 0.15) is 0 Å². The van der Waals surface area contributed by atoms with Crippen LogP contribution in [0.5, 0.6) is 0 Å². The van der Waals surface area contributed by atoms with E-state index in [0.717, 1.165) is 19.4 Å². The van der Waals surface area contributed by atoms with Gasteiger partial charge in [0.2, 0.25) is 5.91 Å². The molecule has 1 heterocycles. The van der Waals surface area contributed by atoms with Crippen molar-refractivity contribution in [3.05, 3.63) is 0 Å². The Morgan fingerprint density at radius 1 is 1.73 bits per heavy atom. The lowest BCUT2D eigenvalue weighted by Crippen LogP contribution is -2.42. The summed E-state index contributed by atoms with van der Waals surface area (Å²) in [6.07, 6.45) is 1.91. The van der Waals surface area contributed by atoms with Gasteiger partial charge in [-0.1, -0.05) is 0 Å². The molecule has 1 aliphatic rings. The van der Waals surface area contributed by atoms with Crippen molar-refractivity contribution in [2.75, 3.05) is 13.6 Å². The van der Waals surface area contributed by atoms with Crippen LogP contribution in [0.1, 0.15) is 12.8 Å². The average Bonchev–Trinajstić information content (AvgIpc) is 2.37. The van der Waals surface area contributed by atoms with Gasteiger partial charge in [-0.05, 0) is 19.9 Å². The van der Waals surface area contributed by atoms with Gasteiger partial charge in [-0.3, -0.25) is 4.79 Å². The monoisotopic (exact) mass is 157 g/mol. The van der Waals surface area contributed by atoms with Crippen molar-refractivity contribution >= 4 is 5.91 Å². The molecule has 1 fully saturated rings. The molecule has 2 atom stereocenters. The Kier molecular flexibility index (Phi) is 2.84. The van der Waals surface area contributed by atoms with Gasteiger partial charge in [-0.15, -0.1) is 0 Å². The van der Waals surface area contributed by atoms with Crippen molar-refractivity contribution < 1.29 is 4.79 Å². The molecular formula is C7H15N3O. The fourth-order valence-corrected chi connectivity index (χ4v) is 1.45. The van der Waals surface area contributed by atoms with Crippen molar-refractivity contribution in [1.29, 1.82) is 0 Å². The number of carbonyl (C=O) groups excluding carboxylic acids is 1. The standard InChI is InChI=1S/C7H15N3O/c1-9-4-5-2-3-6(10-5)7(8)11/h5-6,9-10H,2-4H2,1H3,(H2,8,11). The van der Waals surface area contributed by atoms with E-state index in [0.29, 0.717) is 6.04 Å². The van der Waals surface area contributed by atoms with Crippen molar-refractivity contribution in [2.24, 2.45) is 5.73 Å². The van der Waals surface area contributed by atoms with Crippen LogP contribution < -0.4 is 16.4 Å². The second-order valence-electron chi connectivity index (χ2n) is 2.95. The van der Waals surface area contributed by atoms with Crippen LogP contribution in [0, 0.1) is 0 Å². The summed E-state index contributed by atoms with van der Waals surface area (Å²) in [6.45, 7) is 0.907. The molecule has 11 heavy (non-hydrogen) atoms. The number of hydrogen-bond donors (Lipinski definition) is 3. The minimum Gasteiger partial charge on any atom is -0.368 e. The van der Waals surface area contributed by atoms with E-state index in [2.05, 4.69) is 10.6 Å². The number of nitrogens with one attached hydrogen (secondary N) is 2. The highest BCUT2D eigenvalue weighted by Gasteiger charge is 2.26. The van der Waals surface area contributed by atoms with E-state index >= 15 is 0 Å². The number of likely N-dealkylation sites (N-methyl/N-ethyl adjacent to an activating group) is 1. The maximum atomic E-state index is 10.7. The molecule has 0 aromatic rings. The van der Waals surface area contributed by atoms with E-state index in [1.165, 1.54) is 0 Å². The van der Waals surface area contributed by atoms with Gasteiger partial charge in [-0.25, -0.2) is 0 Å². The summed E-state index contributed by atoms with van der Waals surface area (Å²) >= 11 is 0. The van der Waals surface area contributed by atoms with Crippen molar-refractivity contribution in [2.45, 2.75) is 24.9 Å². The second kappa shape index (κ2) is 3.69. The second-order valence-corrected chi connectivity index (χ2v) is 2.95. The zero-order valence-electron chi connectivity index (χ0n) is 6.76. The Hall–Kier alpha value is -0.610. The maximum Gasteiger partial charge on any atom is 0.234 e. The van der Waals surface area contributed by atoms with Crippen LogP contribution in [0.3, 0.4) is 0 Å². The van der Waals surface area contributed by atoms with E-state index in [4.69, 9.17) is 5.73 Å². The predicted molar refractivity (Wildman–Crippen MR) is 43.1 cm³/mol. The highest BCUT2D eigenvalue weighted by Crippen LogP contribution is 2.10. The van der Waals surface area contributed by atoms with E-state index in [1.54, 1.807) is 0 Å². The van der Waals surface area contributed by atoms with E-state index < -0.39 is 0 Å². The van der Waals surface area contributed by atoms with Crippen LogP contribution in [0.4, 0.5) is 0 Å². The molecule has 2 unspecified atom stereocenters. The Balaban J connectivity index is 2.29. The summed E-state index contributed by atoms with van der Waals surface area (Å²) in [6, 6.07) is 0.311. The molecule has 1 aliphatic heterocycles. The molecule has 0 radical (unpaired) electrons. The molecule has 0 aromatic carbocycles. The van der Waals surface area contributed by atoms with Crippen LogP contribution >= 0.6 is 0 Å². The number of rotatable bonds is 3. The van der Waals surface area contributed by atoms with Gasteiger partial charge < -0.3 is 16.4 Å². The molecule has 0 saturated carbocycles. The van der Waals surface area contributed by atoms with Crippen LogP contribution in [0.25, 0.3) is 0 Å². The molecule has 1 rings (SSSR count). The highest BCUT2D eigenvalue weighted by molar-refractivity contribution is 5.80. The lowest BCUT2D eigenvalue weighted by atomic mass is 10.2. The van der Waals surface area contributed by atoms with Gasteiger partial charge in [0.25, 0.3) is 0 Å². The molecule has 0 spiro atoms. The molecule has 1 amide bonds. The molecule has 0 aliphatic carbocycles. The summed E-state index contributed by atoms with van der Waals surface area (Å²) in [5.74, 6) is -0.233. The third-order valence-electron chi connectivity index (χ3n) is 2.03. The number of hydrogen-bond acceptors (Lipinski definition) is 3. The van der Waals surface area contributed by atoms with Gasteiger partial charge >= 0.3 is 0 Å².